The van der Waals surface area contributed by atoms with E-state index < -0.39 is 17.6 Å². The molecule has 0 bridgehead atoms. The minimum absolute atomic E-state index is 0.0199. The number of likely N-dealkylation sites (N-methyl/N-ethyl adjacent to an activating group) is 1. The second-order valence-electron chi connectivity index (χ2n) is 9.38. The number of alkyl halides is 3. The van der Waals surface area contributed by atoms with Crippen molar-refractivity contribution in [1.82, 2.24) is 19.8 Å². The average Bonchev–Trinajstić information content (AvgIpc) is 2.92. The van der Waals surface area contributed by atoms with Crippen LogP contribution in [0.2, 0.25) is 0 Å². The number of piperazine rings is 1. The summed E-state index contributed by atoms with van der Waals surface area (Å²) in [6.45, 7) is 3.74. The molecular formula is C27H28F3N5O3. The van der Waals surface area contributed by atoms with Gasteiger partial charge in [-0.1, -0.05) is 12.1 Å². The largest absolute Gasteiger partial charge is 0.497 e. The zero-order valence-corrected chi connectivity index (χ0v) is 21.2. The molecule has 38 heavy (non-hydrogen) atoms. The lowest BCUT2D eigenvalue weighted by Gasteiger charge is -2.34. The van der Waals surface area contributed by atoms with Gasteiger partial charge in [0, 0.05) is 50.8 Å². The summed E-state index contributed by atoms with van der Waals surface area (Å²) in [7, 11) is 3.63. The van der Waals surface area contributed by atoms with E-state index in [4.69, 9.17) is 19.4 Å². The number of aromatic nitrogens is 2. The topological polar surface area (TPSA) is 71.0 Å². The van der Waals surface area contributed by atoms with E-state index in [0.717, 1.165) is 44.0 Å². The first-order valence-electron chi connectivity index (χ1n) is 12.3. The molecule has 1 fully saturated rings. The minimum atomic E-state index is -4.53. The predicted octanol–water partition coefficient (Wildman–Crippen LogP) is 4.25. The van der Waals surface area contributed by atoms with E-state index in [-0.39, 0.29) is 12.1 Å². The molecule has 0 N–H and O–H groups in total. The number of benzene rings is 2. The van der Waals surface area contributed by atoms with Crippen LogP contribution in [0.25, 0.3) is 0 Å². The van der Waals surface area contributed by atoms with E-state index in [1.165, 1.54) is 17.0 Å². The van der Waals surface area contributed by atoms with Gasteiger partial charge in [0.2, 0.25) is 11.8 Å². The Morgan fingerprint density at radius 3 is 2.42 bits per heavy atom. The lowest BCUT2D eigenvalue weighted by atomic mass is 10.0. The first-order valence-corrected chi connectivity index (χ1v) is 12.3. The van der Waals surface area contributed by atoms with Gasteiger partial charge in [0.15, 0.2) is 0 Å². The van der Waals surface area contributed by atoms with Gasteiger partial charge in [-0.25, -0.2) is 4.98 Å². The maximum Gasteiger partial charge on any atom is 0.416 e. The van der Waals surface area contributed by atoms with Gasteiger partial charge in [-0.3, -0.25) is 4.79 Å². The minimum Gasteiger partial charge on any atom is -0.497 e. The molecule has 2 aliphatic rings. The summed E-state index contributed by atoms with van der Waals surface area (Å²) in [6.07, 6.45) is -4.10. The first kappa shape index (κ1) is 25.8. The standard InChI is InChI=1S/C27H28F3N5O3/c1-33-11-13-34(14-12-33)26-31-23-9-10-35(25(36)18-5-3-6-19(15-18)27(28,29)30)17-22(23)24(32-26)38-21-8-4-7-20(16-21)37-2/h3-8,15-16H,9-14,17H2,1-2H3. The van der Waals surface area contributed by atoms with Gasteiger partial charge in [-0.2, -0.15) is 18.2 Å². The molecule has 0 spiro atoms. The Hall–Kier alpha value is -3.86. The second-order valence-corrected chi connectivity index (χ2v) is 9.38. The SMILES string of the molecule is COc1cccc(Oc2nc(N3CCN(C)CC3)nc3c2CN(C(=O)c2cccc(C(F)(F)F)c2)CC3)c1. The molecule has 5 rings (SSSR count). The maximum absolute atomic E-state index is 13.2. The number of halogens is 3. The second kappa shape index (κ2) is 10.5. The number of hydrogen-bond donors (Lipinski definition) is 0. The molecule has 1 aromatic heterocycles. The van der Waals surface area contributed by atoms with Crippen molar-refractivity contribution in [1.29, 1.82) is 0 Å². The third-order valence-electron chi connectivity index (χ3n) is 6.78. The molecule has 0 atom stereocenters. The Balaban J connectivity index is 1.47. The zero-order chi connectivity index (χ0) is 26.9. The molecule has 3 aromatic rings. The number of anilines is 1. The zero-order valence-electron chi connectivity index (χ0n) is 21.2. The Morgan fingerprint density at radius 2 is 1.68 bits per heavy atom. The summed E-state index contributed by atoms with van der Waals surface area (Å²) >= 11 is 0. The van der Waals surface area contributed by atoms with Crippen LogP contribution in [0.3, 0.4) is 0 Å². The van der Waals surface area contributed by atoms with E-state index >= 15 is 0 Å². The molecule has 0 radical (unpaired) electrons. The molecule has 2 aliphatic heterocycles. The molecule has 0 aliphatic carbocycles. The number of methoxy groups -OCH3 is 1. The Labute approximate surface area is 218 Å². The fourth-order valence-corrected chi connectivity index (χ4v) is 4.56. The monoisotopic (exact) mass is 527 g/mol. The van der Waals surface area contributed by atoms with E-state index in [1.807, 2.05) is 0 Å². The number of nitrogens with zero attached hydrogens (tertiary/aromatic N) is 5. The van der Waals surface area contributed by atoms with Crippen LogP contribution < -0.4 is 14.4 Å². The molecule has 3 heterocycles. The van der Waals surface area contributed by atoms with Crippen LogP contribution in [-0.4, -0.2) is 72.6 Å². The molecule has 1 amide bonds. The van der Waals surface area contributed by atoms with Crippen molar-refractivity contribution in [3.8, 4) is 17.4 Å². The van der Waals surface area contributed by atoms with Gasteiger partial charge in [0.05, 0.1) is 30.5 Å². The molecule has 0 unspecified atom stereocenters. The average molecular weight is 528 g/mol. The lowest BCUT2D eigenvalue weighted by Crippen LogP contribution is -2.45. The molecule has 2 aromatic carbocycles. The number of carbonyl (C=O) groups is 1. The molecule has 8 nitrogen and oxygen atoms in total. The molecular weight excluding hydrogens is 499 g/mol. The smallest absolute Gasteiger partial charge is 0.416 e. The lowest BCUT2D eigenvalue weighted by molar-refractivity contribution is -0.137. The summed E-state index contributed by atoms with van der Waals surface area (Å²) < 4.78 is 51.2. The highest BCUT2D eigenvalue weighted by atomic mass is 19.4. The normalized spacial score (nSPS) is 16.2. The number of rotatable bonds is 5. The van der Waals surface area contributed by atoms with Crippen molar-refractivity contribution in [3.63, 3.8) is 0 Å². The summed E-state index contributed by atoms with van der Waals surface area (Å²) in [4.78, 5) is 28.7. The fraction of sp³-hybridized carbons (Fsp3) is 0.370. The Kier molecular flexibility index (Phi) is 7.11. The third-order valence-corrected chi connectivity index (χ3v) is 6.78. The van der Waals surface area contributed by atoms with Gasteiger partial charge >= 0.3 is 6.18 Å². The van der Waals surface area contributed by atoms with E-state index in [9.17, 15) is 18.0 Å². The molecule has 11 heteroatoms. The fourth-order valence-electron chi connectivity index (χ4n) is 4.56. The van der Waals surface area contributed by atoms with Gasteiger partial charge < -0.3 is 24.2 Å². The van der Waals surface area contributed by atoms with Crippen LogP contribution >= 0.6 is 0 Å². The van der Waals surface area contributed by atoms with Crippen molar-refractivity contribution in [2.24, 2.45) is 0 Å². The predicted molar refractivity (Wildman–Crippen MR) is 135 cm³/mol. The van der Waals surface area contributed by atoms with Gasteiger partial charge in [-0.15, -0.1) is 0 Å². The maximum atomic E-state index is 13.2. The molecule has 200 valence electrons. The third kappa shape index (κ3) is 5.52. The van der Waals surface area contributed by atoms with Crippen LogP contribution in [-0.2, 0) is 19.1 Å². The van der Waals surface area contributed by atoms with E-state index in [0.29, 0.717) is 41.9 Å². The Morgan fingerprint density at radius 1 is 0.947 bits per heavy atom. The summed E-state index contributed by atoms with van der Waals surface area (Å²) in [5.41, 5.74) is 0.522. The van der Waals surface area contributed by atoms with Gasteiger partial charge in [-0.05, 0) is 37.4 Å². The highest BCUT2D eigenvalue weighted by Crippen LogP contribution is 2.34. The van der Waals surface area contributed by atoms with Crippen molar-refractivity contribution in [2.45, 2.75) is 19.1 Å². The van der Waals surface area contributed by atoms with Crippen LogP contribution in [0.4, 0.5) is 19.1 Å². The first-order chi connectivity index (χ1) is 18.2. The van der Waals surface area contributed by atoms with Crippen LogP contribution in [0, 0.1) is 0 Å². The number of fused-ring (bicyclic) bond motifs is 1. The van der Waals surface area contributed by atoms with Gasteiger partial charge in [0.1, 0.15) is 11.5 Å². The van der Waals surface area contributed by atoms with E-state index in [2.05, 4.69) is 16.8 Å². The Bertz CT molecular complexity index is 1330. The highest BCUT2D eigenvalue weighted by molar-refractivity contribution is 5.94. The summed E-state index contributed by atoms with van der Waals surface area (Å²) in [6, 6.07) is 11.6. The quantitative estimate of drug-likeness (QED) is 0.492. The number of amides is 1. The number of ether oxygens (including phenoxy) is 2. The summed E-state index contributed by atoms with van der Waals surface area (Å²) in [5.74, 6) is 1.52. The van der Waals surface area contributed by atoms with Crippen molar-refractivity contribution >= 4 is 11.9 Å². The van der Waals surface area contributed by atoms with Gasteiger partial charge in [0.25, 0.3) is 5.91 Å². The molecule has 0 saturated carbocycles. The number of carbonyl (C=O) groups excluding carboxylic acids is 1. The van der Waals surface area contributed by atoms with Crippen LogP contribution in [0.1, 0.15) is 27.2 Å². The van der Waals surface area contributed by atoms with Crippen molar-refractivity contribution in [3.05, 3.63) is 70.9 Å². The number of hydrogen-bond acceptors (Lipinski definition) is 7. The molecule has 1 saturated heterocycles. The van der Waals surface area contributed by atoms with Crippen LogP contribution in [0.5, 0.6) is 17.4 Å². The summed E-state index contributed by atoms with van der Waals surface area (Å²) in [5, 5.41) is 0. The van der Waals surface area contributed by atoms with Crippen molar-refractivity contribution in [2.75, 3.05) is 51.8 Å². The van der Waals surface area contributed by atoms with Crippen LogP contribution in [0.15, 0.2) is 48.5 Å². The highest BCUT2D eigenvalue weighted by Gasteiger charge is 2.33. The van der Waals surface area contributed by atoms with E-state index in [1.54, 1.807) is 31.4 Å². The van der Waals surface area contributed by atoms with Crippen molar-refractivity contribution < 1.29 is 27.4 Å².